The summed E-state index contributed by atoms with van der Waals surface area (Å²) in [6.45, 7) is 42.3. The zero-order valence-corrected chi connectivity index (χ0v) is 36.3. The van der Waals surface area contributed by atoms with Crippen LogP contribution in [0.2, 0.25) is 0 Å². The molecule has 0 aromatic carbocycles. The fraction of sp³-hybridized carbons (Fsp3) is 1.00. The maximum atomic E-state index is 2.55. The summed E-state index contributed by atoms with van der Waals surface area (Å²) < 4.78 is 0. The highest BCUT2D eigenvalue weighted by Crippen LogP contribution is 2.34. The molecule has 284 valence electrons. The van der Waals surface area contributed by atoms with Crippen LogP contribution in [0.4, 0.5) is 0 Å². The summed E-state index contributed by atoms with van der Waals surface area (Å²) in [5, 5.41) is 0. The van der Waals surface area contributed by atoms with Crippen LogP contribution in [-0.2, 0) is 0 Å². The highest BCUT2D eigenvalue weighted by atomic mass is 14.3. The largest absolute Gasteiger partial charge is 0.0651 e. The van der Waals surface area contributed by atoms with E-state index >= 15 is 0 Å². The van der Waals surface area contributed by atoms with E-state index in [4.69, 9.17) is 0 Å². The Bertz CT molecular complexity index is 707. The highest BCUT2D eigenvalue weighted by Gasteiger charge is 2.22. The van der Waals surface area contributed by atoms with E-state index in [1.807, 2.05) is 0 Å². The van der Waals surface area contributed by atoms with Gasteiger partial charge in [-0.1, -0.05) is 124 Å². The molecular weight excluding hydrogens is 565 g/mol. The Labute approximate surface area is 302 Å². The van der Waals surface area contributed by atoms with Crippen molar-refractivity contribution >= 4 is 0 Å². The molecule has 0 amide bonds. The van der Waals surface area contributed by atoms with Gasteiger partial charge < -0.3 is 0 Å². The van der Waals surface area contributed by atoms with Crippen LogP contribution < -0.4 is 0 Å². The monoisotopic (exact) mass is 661 g/mol. The molecule has 0 nitrogen and oxygen atoms in total. The van der Waals surface area contributed by atoms with E-state index in [-0.39, 0.29) is 0 Å². The van der Waals surface area contributed by atoms with Crippen LogP contribution in [0.25, 0.3) is 0 Å². The number of hydrogen-bond acceptors (Lipinski definition) is 0. The third-order valence-electron chi connectivity index (χ3n) is 12.0. The molecule has 0 aliphatic rings. The predicted octanol–water partition coefficient (Wildman–Crippen LogP) is 16.4. The van der Waals surface area contributed by atoms with Crippen molar-refractivity contribution < 1.29 is 0 Å². The van der Waals surface area contributed by atoms with Gasteiger partial charge in [0, 0.05) is 0 Å². The summed E-state index contributed by atoms with van der Waals surface area (Å²) in [7, 11) is 0. The van der Waals surface area contributed by atoms with Gasteiger partial charge in [0.2, 0.25) is 0 Å². The van der Waals surface area contributed by atoms with Gasteiger partial charge in [0.05, 0.1) is 0 Å². The Morgan fingerprint density at radius 1 is 0.191 bits per heavy atom. The van der Waals surface area contributed by atoms with Gasteiger partial charge >= 0.3 is 0 Å². The van der Waals surface area contributed by atoms with Gasteiger partial charge in [-0.2, -0.15) is 0 Å². The lowest BCUT2D eigenvalue weighted by atomic mass is 9.79. The predicted molar refractivity (Wildman–Crippen MR) is 218 cm³/mol. The summed E-state index contributed by atoms with van der Waals surface area (Å²) in [4.78, 5) is 0. The normalized spacial score (nSPS) is 21.6. The molecule has 0 aromatic heterocycles. The molecular formula is C47H96. The highest BCUT2D eigenvalue weighted by molar-refractivity contribution is 4.73. The third-order valence-corrected chi connectivity index (χ3v) is 12.0. The van der Waals surface area contributed by atoms with Gasteiger partial charge in [0.15, 0.2) is 0 Å². The number of rotatable bonds is 29. The molecule has 0 spiro atoms. The first-order valence-corrected chi connectivity index (χ1v) is 21.8. The average Bonchev–Trinajstić information content (AvgIpc) is 2.86. The van der Waals surface area contributed by atoms with E-state index < -0.39 is 0 Å². The van der Waals surface area contributed by atoms with Crippen LogP contribution in [0.15, 0.2) is 0 Å². The minimum atomic E-state index is 0.837. The molecule has 0 N–H and O–H groups in total. The van der Waals surface area contributed by atoms with Gasteiger partial charge in [0.1, 0.15) is 0 Å². The van der Waals surface area contributed by atoms with Gasteiger partial charge in [-0.05, 0) is 179 Å². The van der Waals surface area contributed by atoms with Crippen molar-refractivity contribution in [1.82, 2.24) is 0 Å². The van der Waals surface area contributed by atoms with Crippen LogP contribution >= 0.6 is 0 Å². The van der Waals surface area contributed by atoms with Crippen molar-refractivity contribution in [3.63, 3.8) is 0 Å². The van der Waals surface area contributed by atoms with Crippen LogP contribution in [0.3, 0.4) is 0 Å². The van der Waals surface area contributed by atoms with E-state index in [0.717, 1.165) is 88.8 Å². The second-order valence-corrected chi connectivity index (χ2v) is 20.6. The maximum Gasteiger partial charge on any atom is -0.0438 e. The molecule has 0 heterocycles. The SMILES string of the molecule is CCC(C)CC(C)CC(C)CC(C)CC(C)CC(C)CC(C)CC(C)CC(C)CC(C)CC(C)CC(C)CC(C)CC(C)CC(C)C. The molecule has 0 bridgehead atoms. The van der Waals surface area contributed by atoms with Gasteiger partial charge in [0.25, 0.3) is 0 Å². The van der Waals surface area contributed by atoms with Crippen molar-refractivity contribution in [3.05, 3.63) is 0 Å². The minimum absolute atomic E-state index is 0.837. The molecule has 0 aliphatic heterocycles. The fourth-order valence-electron chi connectivity index (χ4n) is 11.2. The second-order valence-electron chi connectivity index (χ2n) is 20.6. The second kappa shape index (κ2) is 25.9. The Hall–Kier alpha value is 0. The van der Waals surface area contributed by atoms with Gasteiger partial charge in [-0.3, -0.25) is 0 Å². The lowest BCUT2D eigenvalue weighted by Crippen LogP contribution is -2.16. The molecule has 0 aromatic rings. The van der Waals surface area contributed by atoms with Crippen molar-refractivity contribution in [1.29, 1.82) is 0 Å². The summed E-state index contributed by atoms with van der Waals surface area (Å²) in [5.74, 6) is 13.0. The summed E-state index contributed by atoms with van der Waals surface area (Å²) >= 11 is 0. The maximum absolute atomic E-state index is 2.55. The lowest BCUT2D eigenvalue weighted by molar-refractivity contribution is 0.242. The summed E-state index contributed by atoms with van der Waals surface area (Å²) in [6, 6.07) is 0. The third kappa shape index (κ3) is 26.5. The Morgan fingerprint density at radius 2 is 0.319 bits per heavy atom. The molecule has 47 heavy (non-hydrogen) atoms. The molecule has 0 radical (unpaired) electrons. The average molecular weight is 661 g/mol. The number of hydrogen-bond donors (Lipinski definition) is 0. The van der Waals surface area contributed by atoms with Crippen LogP contribution in [-0.4, -0.2) is 0 Å². The Kier molecular flexibility index (Phi) is 25.9. The van der Waals surface area contributed by atoms with Crippen LogP contribution in [0.5, 0.6) is 0 Å². The fourth-order valence-corrected chi connectivity index (χ4v) is 11.2. The van der Waals surface area contributed by atoms with E-state index in [1.54, 1.807) is 0 Å². The topological polar surface area (TPSA) is 0 Å². The summed E-state index contributed by atoms with van der Waals surface area (Å²) in [5.41, 5.74) is 0. The zero-order chi connectivity index (χ0) is 36.3. The van der Waals surface area contributed by atoms with Crippen molar-refractivity contribution in [2.45, 2.75) is 214 Å². The van der Waals surface area contributed by atoms with E-state index in [0.29, 0.717) is 0 Å². The van der Waals surface area contributed by atoms with Crippen LogP contribution in [0, 0.1) is 88.8 Å². The van der Waals surface area contributed by atoms with E-state index in [2.05, 4.69) is 118 Å². The quantitative estimate of drug-likeness (QED) is 0.0749. The molecule has 14 atom stereocenters. The molecule has 0 saturated heterocycles. The van der Waals surface area contributed by atoms with Crippen molar-refractivity contribution in [2.75, 3.05) is 0 Å². The molecule has 0 heteroatoms. The summed E-state index contributed by atoms with van der Waals surface area (Å²) in [6.07, 6.45) is 21.2. The van der Waals surface area contributed by atoms with Gasteiger partial charge in [-0.25, -0.2) is 0 Å². The standard InChI is InChI=1S/C47H96/c1-18-34(4)20-36(6)22-38(8)24-40(10)26-42(12)28-44(14)30-46(16)32-47(17)31-45(15)29-43(13)27-41(11)25-39(9)23-37(7)21-35(5)19-33(2)3/h33-47H,18-32H2,1-17H3. The lowest BCUT2D eigenvalue weighted by Gasteiger charge is -2.27. The first kappa shape index (κ1) is 47.0. The van der Waals surface area contributed by atoms with Crippen molar-refractivity contribution in [3.8, 4) is 0 Å². The Balaban J connectivity index is 4.34. The minimum Gasteiger partial charge on any atom is -0.0651 e. The molecule has 0 saturated carbocycles. The van der Waals surface area contributed by atoms with Crippen molar-refractivity contribution in [2.24, 2.45) is 88.8 Å². The van der Waals surface area contributed by atoms with E-state index in [1.165, 1.54) is 96.3 Å². The molecule has 0 rings (SSSR count). The first-order chi connectivity index (χ1) is 21.8. The molecule has 0 aliphatic carbocycles. The zero-order valence-electron chi connectivity index (χ0n) is 36.3. The smallest absolute Gasteiger partial charge is 0.0438 e. The van der Waals surface area contributed by atoms with Gasteiger partial charge in [-0.15, -0.1) is 0 Å². The molecule has 0 fully saturated rings. The van der Waals surface area contributed by atoms with Crippen LogP contribution in [0.1, 0.15) is 214 Å². The first-order valence-electron chi connectivity index (χ1n) is 21.8. The molecule has 14 unspecified atom stereocenters. The van der Waals surface area contributed by atoms with E-state index in [9.17, 15) is 0 Å². The Morgan fingerprint density at radius 3 is 0.447 bits per heavy atom.